The standard InChI is InChI=1S/C12H11ClN2O3S/c13-9-1-7(2-10-11(9)18-6-17-10)3-14-4-8-5-19-12(16)15-8/h1-2,5,14H,3-4,6H2,(H,15,16). The smallest absolute Gasteiger partial charge is 0.304 e. The van der Waals surface area contributed by atoms with E-state index in [0.717, 1.165) is 22.6 Å². The van der Waals surface area contributed by atoms with Crippen LogP contribution in [0, 0.1) is 0 Å². The number of H-pyrrole nitrogens is 1. The second kappa shape index (κ2) is 5.24. The van der Waals surface area contributed by atoms with Crippen LogP contribution < -0.4 is 19.7 Å². The Morgan fingerprint density at radius 1 is 1.37 bits per heavy atom. The van der Waals surface area contributed by atoms with Crippen LogP contribution in [-0.2, 0) is 13.1 Å². The zero-order valence-corrected chi connectivity index (χ0v) is 11.4. The Balaban J connectivity index is 1.64. The van der Waals surface area contributed by atoms with Crippen molar-refractivity contribution in [2.75, 3.05) is 6.79 Å². The highest BCUT2D eigenvalue weighted by atomic mass is 35.5. The van der Waals surface area contributed by atoms with Gasteiger partial charge < -0.3 is 19.8 Å². The molecule has 0 fully saturated rings. The van der Waals surface area contributed by atoms with Crippen molar-refractivity contribution in [2.24, 2.45) is 0 Å². The molecule has 0 bridgehead atoms. The summed E-state index contributed by atoms with van der Waals surface area (Å²) in [6.45, 7) is 1.45. The number of hydrogen-bond acceptors (Lipinski definition) is 5. The number of halogens is 1. The maximum absolute atomic E-state index is 11.0. The molecule has 2 N–H and O–H groups in total. The third-order valence-corrected chi connectivity index (χ3v) is 3.70. The first-order valence-electron chi connectivity index (χ1n) is 5.68. The maximum atomic E-state index is 11.0. The van der Waals surface area contributed by atoms with E-state index in [-0.39, 0.29) is 11.7 Å². The van der Waals surface area contributed by atoms with E-state index in [0.29, 0.717) is 29.6 Å². The zero-order chi connectivity index (χ0) is 13.2. The summed E-state index contributed by atoms with van der Waals surface area (Å²) in [6.07, 6.45) is 0. The Hall–Kier alpha value is -1.50. The van der Waals surface area contributed by atoms with Gasteiger partial charge in [-0.15, -0.1) is 0 Å². The van der Waals surface area contributed by atoms with Crippen LogP contribution >= 0.6 is 22.9 Å². The summed E-state index contributed by atoms with van der Waals surface area (Å²) in [6, 6.07) is 3.75. The normalized spacial score (nSPS) is 12.9. The first kappa shape index (κ1) is 12.5. The van der Waals surface area contributed by atoms with E-state index in [1.807, 2.05) is 17.5 Å². The van der Waals surface area contributed by atoms with Gasteiger partial charge in [-0.05, 0) is 17.7 Å². The fourth-order valence-corrected chi connectivity index (χ4v) is 2.73. The van der Waals surface area contributed by atoms with Crippen molar-refractivity contribution in [1.82, 2.24) is 10.3 Å². The van der Waals surface area contributed by atoms with E-state index in [4.69, 9.17) is 21.1 Å². The van der Waals surface area contributed by atoms with Crippen molar-refractivity contribution in [2.45, 2.75) is 13.1 Å². The van der Waals surface area contributed by atoms with Crippen molar-refractivity contribution in [3.63, 3.8) is 0 Å². The lowest BCUT2D eigenvalue weighted by Gasteiger charge is -2.06. The van der Waals surface area contributed by atoms with Gasteiger partial charge in [0.1, 0.15) is 0 Å². The fourth-order valence-electron chi connectivity index (χ4n) is 1.86. The molecular formula is C12H11ClN2O3S. The molecule has 0 spiro atoms. The number of fused-ring (bicyclic) bond motifs is 1. The average molecular weight is 299 g/mol. The summed E-state index contributed by atoms with van der Waals surface area (Å²) in [5.41, 5.74) is 1.88. The Kier molecular flexibility index (Phi) is 3.46. The molecule has 2 aromatic rings. The van der Waals surface area contributed by atoms with Crippen LogP contribution in [-0.4, -0.2) is 11.8 Å². The molecule has 0 saturated carbocycles. The van der Waals surface area contributed by atoms with Gasteiger partial charge in [-0.25, -0.2) is 0 Å². The molecule has 1 aromatic carbocycles. The molecule has 0 unspecified atom stereocenters. The lowest BCUT2D eigenvalue weighted by Crippen LogP contribution is -2.13. The first-order valence-corrected chi connectivity index (χ1v) is 6.93. The molecule has 1 aromatic heterocycles. The quantitative estimate of drug-likeness (QED) is 0.907. The van der Waals surface area contributed by atoms with Gasteiger partial charge >= 0.3 is 4.87 Å². The maximum Gasteiger partial charge on any atom is 0.304 e. The van der Waals surface area contributed by atoms with Crippen molar-refractivity contribution in [3.05, 3.63) is 43.5 Å². The number of aromatic amines is 1. The predicted molar refractivity (Wildman–Crippen MR) is 73.1 cm³/mol. The van der Waals surface area contributed by atoms with Crippen LogP contribution in [0.1, 0.15) is 11.3 Å². The number of rotatable bonds is 4. The Bertz CT molecular complexity index is 653. The minimum atomic E-state index is -0.0390. The zero-order valence-electron chi connectivity index (χ0n) is 9.86. The minimum Gasteiger partial charge on any atom is -0.454 e. The SMILES string of the molecule is O=c1[nH]c(CNCc2cc(Cl)c3c(c2)OCO3)cs1. The van der Waals surface area contributed by atoms with Gasteiger partial charge in [0.25, 0.3) is 0 Å². The van der Waals surface area contributed by atoms with E-state index in [9.17, 15) is 4.79 Å². The van der Waals surface area contributed by atoms with Gasteiger partial charge in [0.2, 0.25) is 6.79 Å². The topological polar surface area (TPSA) is 63.4 Å². The average Bonchev–Trinajstić information content (AvgIpc) is 2.98. The third kappa shape index (κ3) is 2.75. The molecule has 19 heavy (non-hydrogen) atoms. The third-order valence-electron chi connectivity index (χ3n) is 2.70. The molecule has 0 aliphatic carbocycles. The summed E-state index contributed by atoms with van der Waals surface area (Å²) >= 11 is 7.26. The molecule has 1 aliphatic heterocycles. The molecule has 0 saturated heterocycles. The number of benzene rings is 1. The van der Waals surface area contributed by atoms with Crippen LogP contribution in [0.5, 0.6) is 11.5 Å². The number of thiazole rings is 1. The number of hydrogen-bond donors (Lipinski definition) is 2. The van der Waals surface area contributed by atoms with E-state index in [2.05, 4.69) is 10.3 Å². The highest BCUT2D eigenvalue weighted by molar-refractivity contribution is 7.07. The molecule has 100 valence electrons. The van der Waals surface area contributed by atoms with Gasteiger partial charge in [0.15, 0.2) is 11.5 Å². The largest absolute Gasteiger partial charge is 0.454 e. The number of ether oxygens (including phenoxy) is 2. The van der Waals surface area contributed by atoms with Crippen LogP contribution in [0.15, 0.2) is 22.3 Å². The van der Waals surface area contributed by atoms with Crippen LogP contribution in [0.4, 0.5) is 0 Å². The molecule has 5 nitrogen and oxygen atoms in total. The van der Waals surface area contributed by atoms with Crippen molar-refractivity contribution < 1.29 is 9.47 Å². The van der Waals surface area contributed by atoms with Crippen LogP contribution in [0.3, 0.4) is 0 Å². The van der Waals surface area contributed by atoms with Crippen molar-refractivity contribution in [3.8, 4) is 11.5 Å². The lowest BCUT2D eigenvalue weighted by atomic mass is 10.2. The molecule has 3 rings (SSSR count). The summed E-state index contributed by atoms with van der Waals surface area (Å²) in [4.78, 5) is 13.7. The Labute approximate surface area is 118 Å². The van der Waals surface area contributed by atoms with E-state index in [1.54, 1.807) is 0 Å². The van der Waals surface area contributed by atoms with E-state index >= 15 is 0 Å². The van der Waals surface area contributed by atoms with Gasteiger partial charge in [-0.3, -0.25) is 4.79 Å². The monoisotopic (exact) mass is 298 g/mol. The van der Waals surface area contributed by atoms with E-state index in [1.165, 1.54) is 0 Å². The van der Waals surface area contributed by atoms with Gasteiger partial charge in [0.05, 0.1) is 5.02 Å². The van der Waals surface area contributed by atoms with Crippen molar-refractivity contribution >= 4 is 22.9 Å². The van der Waals surface area contributed by atoms with Gasteiger partial charge in [0, 0.05) is 24.2 Å². The van der Waals surface area contributed by atoms with Crippen LogP contribution in [0.25, 0.3) is 0 Å². The Morgan fingerprint density at radius 3 is 3.05 bits per heavy atom. The summed E-state index contributed by atoms with van der Waals surface area (Å²) in [5, 5.41) is 5.59. The summed E-state index contributed by atoms with van der Waals surface area (Å²) in [7, 11) is 0. The molecule has 7 heteroatoms. The summed E-state index contributed by atoms with van der Waals surface area (Å²) in [5.74, 6) is 1.28. The molecular weight excluding hydrogens is 288 g/mol. The fraction of sp³-hybridized carbons (Fsp3) is 0.250. The molecule has 0 radical (unpaired) electrons. The van der Waals surface area contributed by atoms with Gasteiger partial charge in [-0.1, -0.05) is 22.9 Å². The molecule has 1 aliphatic rings. The predicted octanol–water partition coefficient (Wildman–Crippen LogP) is 2.11. The highest BCUT2D eigenvalue weighted by Crippen LogP contribution is 2.39. The number of nitrogens with one attached hydrogen (secondary N) is 2. The first-order chi connectivity index (χ1) is 9.22. The second-order valence-corrected chi connectivity index (χ2v) is 5.34. The minimum absolute atomic E-state index is 0.0390. The van der Waals surface area contributed by atoms with E-state index < -0.39 is 0 Å². The van der Waals surface area contributed by atoms with Crippen LogP contribution in [0.2, 0.25) is 5.02 Å². The van der Waals surface area contributed by atoms with Crippen molar-refractivity contribution in [1.29, 1.82) is 0 Å². The lowest BCUT2D eigenvalue weighted by molar-refractivity contribution is 0.174. The Morgan fingerprint density at radius 2 is 2.26 bits per heavy atom. The molecule has 0 amide bonds. The molecule has 2 heterocycles. The summed E-state index contributed by atoms with van der Waals surface area (Å²) < 4.78 is 10.6. The highest BCUT2D eigenvalue weighted by Gasteiger charge is 2.17. The number of aromatic nitrogens is 1. The second-order valence-electron chi connectivity index (χ2n) is 4.09. The van der Waals surface area contributed by atoms with Gasteiger partial charge in [-0.2, -0.15) is 0 Å². The molecule has 0 atom stereocenters.